The van der Waals surface area contributed by atoms with Crippen molar-refractivity contribution < 1.29 is 5.11 Å². The number of rotatable bonds is 5. The summed E-state index contributed by atoms with van der Waals surface area (Å²) >= 11 is 18.0. The van der Waals surface area contributed by atoms with Crippen LogP contribution in [0.15, 0.2) is 77.9 Å². The van der Waals surface area contributed by atoms with Crippen LogP contribution in [0.25, 0.3) is 22.5 Å². The molecule has 4 rings (SSSR count). The molecule has 2 N–H and O–H groups in total. The number of aromatic nitrogens is 2. The first-order valence-electron chi connectivity index (χ1n) is 9.17. The average molecular weight is 470 g/mol. The van der Waals surface area contributed by atoms with Gasteiger partial charge in [-0.05, 0) is 30.3 Å². The minimum atomic E-state index is -0.113. The molecule has 0 atom stereocenters. The van der Waals surface area contributed by atoms with Crippen molar-refractivity contribution in [2.24, 2.45) is 5.10 Å². The number of nitrogens with one attached hydrogen (secondary N) is 1. The molecule has 1 aromatic heterocycles. The molecule has 0 aliphatic heterocycles. The second-order valence-corrected chi connectivity index (χ2v) is 7.81. The highest BCUT2D eigenvalue weighted by Crippen LogP contribution is 2.30. The molecule has 0 saturated heterocycles. The van der Waals surface area contributed by atoms with Crippen LogP contribution in [-0.4, -0.2) is 21.3 Å². The lowest BCUT2D eigenvalue weighted by Gasteiger charge is -2.08. The number of phenols is 1. The van der Waals surface area contributed by atoms with Crippen LogP contribution in [0, 0.1) is 0 Å². The fourth-order valence-electron chi connectivity index (χ4n) is 2.87. The van der Waals surface area contributed by atoms with Crippen molar-refractivity contribution in [1.82, 2.24) is 9.97 Å². The average Bonchev–Trinajstić information content (AvgIpc) is 2.78. The van der Waals surface area contributed by atoms with E-state index < -0.39 is 0 Å². The maximum absolute atomic E-state index is 10.1. The van der Waals surface area contributed by atoms with E-state index in [9.17, 15) is 5.11 Å². The third-order valence-electron chi connectivity index (χ3n) is 4.36. The molecule has 0 spiro atoms. The van der Waals surface area contributed by atoms with E-state index in [0.717, 1.165) is 16.8 Å². The Labute approximate surface area is 194 Å². The highest BCUT2D eigenvalue weighted by molar-refractivity contribution is 6.36. The van der Waals surface area contributed by atoms with Gasteiger partial charge in [-0.25, -0.2) is 15.4 Å². The Kier molecular flexibility index (Phi) is 6.37. The number of hydrogen-bond acceptors (Lipinski definition) is 5. The van der Waals surface area contributed by atoms with Gasteiger partial charge in [-0.3, -0.25) is 0 Å². The van der Waals surface area contributed by atoms with Gasteiger partial charge in [0.2, 0.25) is 5.95 Å². The topological polar surface area (TPSA) is 70.4 Å². The smallest absolute Gasteiger partial charge is 0.244 e. The second kappa shape index (κ2) is 9.35. The predicted octanol–water partition coefficient (Wildman–Crippen LogP) is 6.92. The van der Waals surface area contributed by atoms with Gasteiger partial charge in [0.15, 0.2) is 0 Å². The number of benzene rings is 3. The molecule has 1 heterocycles. The second-order valence-electron chi connectivity index (χ2n) is 6.53. The van der Waals surface area contributed by atoms with E-state index in [2.05, 4.69) is 20.5 Å². The van der Waals surface area contributed by atoms with Crippen molar-refractivity contribution >= 4 is 47.0 Å². The van der Waals surface area contributed by atoms with Crippen LogP contribution in [-0.2, 0) is 0 Å². The number of aromatic hydroxyl groups is 1. The highest BCUT2D eigenvalue weighted by atomic mass is 35.5. The van der Waals surface area contributed by atoms with E-state index >= 15 is 0 Å². The molecule has 0 aliphatic carbocycles. The molecular formula is C23H15Cl3N4O. The van der Waals surface area contributed by atoms with Crippen LogP contribution in [0.5, 0.6) is 5.75 Å². The van der Waals surface area contributed by atoms with Gasteiger partial charge in [0.05, 0.1) is 22.6 Å². The molecule has 5 nitrogen and oxygen atoms in total. The molecule has 0 fully saturated rings. The highest BCUT2D eigenvalue weighted by Gasteiger charge is 2.09. The van der Waals surface area contributed by atoms with Crippen LogP contribution in [0.3, 0.4) is 0 Å². The van der Waals surface area contributed by atoms with Crippen LogP contribution < -0.4 is 5.43 Å². The first-order chi connectivity index (χ1) is 15.0. The lowest BCUT2D eigenvalue weighted by atomic mass is 10.1. The van der Waals surface area contributed by atoms with E-state index in [4.69, 9.17) is 34.8 Å². The Morgan fingerprint density at radius 1 is 0.774 bits per heavy atom. The molecule has 0 bridgehead atoms. The molecule has 3 aromatic carbocycles. The predicted molar refractivity (Wildman–Crippen MR) is 127 cm³/mol. The third-order valence-corrected chi connectivity index (χ3v) is 5.12. The summed E-state index contributed by atoms with van der Waals surface area (Å²) in [6.45, 7) is 0. The summed E-state index contributed by atoms with van der Waals surface area (Å²) in [5.41, 5.74) is 6.43. The lowest BCUT2D eigenvalue weighted by molar-refractivity contribution is 0.475. The van der Waals surface area contributed by atoms with Gasteiger partial charge < -0.3 is 5.11 Å². The van der Waals surface area contributed by atoms with Gasteiger partial charge in [-0.15, -0.1) is 0 Å². The lowest BCUT2D eigenvalue weighted by Crippen LogP contribution is -2.00. The molecule has 154 valence electrons. The number of anilines is 1. The molecule has 0 aliphatic rings. The van der Waals surface area contributed by atoms with Crippen molar-refractivity contribution in [3.8, 4) is 28.3 Å². The van der Waals surface area contributed by atoms with Crippen molar-refractivity contribution in [1.29, 1.82) is 0 Å². The number of hydrazone groups is 1. The minimum Gasteiger partial charge on any atom is -0.506 e. The Bertz CT molecular complexity index is 1250. The van der Waals surface area contributed by atoms with Crippen molar-refractivity contribution in [2.75, 3.05) is 5.43 Å². The Morgan fingerprint density at radius 3 is 2.10 bits per heavy atom. The normalized spacial score (nSPS) is 11.1. The summed E-state index contributed by atoms with van der Waals surface area (Å²) in [7, 11) is 0. The van der Waals surface area contributed by atoms with Crippen LogP contribution >= 0.6 is 34.8 Å². The number of hydrogen-bond donors (Lipinski definition) is 2. The maximum atomic E-state index is 10.1. The van der Waals surface area contributed by atoms with Gasteiger partial charge in [0.25, 0.3) is 0 Å². The van der Waals surface area contributed by atoms with E-state index in [1.54, 1.807) is 18.2 Å². The zero-order chi connectivity index (χ0) is 21.8. The largest absolute Gasteiger partial charge is 0.506 e. The first kappa shape index (κ1) is 21.1. The van der Waals surface area contributed by atoms with Crippen LogP contribution in [0.1, 0.15) is 5.56 Å². The van der Waals surface area contributed by atoms with Gasteiger partial charge in [-0.1, -0.05) is 77.3 Å². The fourth-order valence-corrected chi connectivity index (χ4v) is 3.50. The van der Waals surface area contributed by atoms with E-state index in [-0.39, 0.29) is 16.7 Å². The minimum absolute atomic E-state index is 0.113. The van der Waals surface area contributed by atoms with Crippen molar-refractivity contribution in [3.63, 3.8) is 0 Å². The van der Waals surface area contributed by atoms with Gasteiger partial charge in [-0.2, -0.15) is 5.10 Å². The first-order valence-corrected chi connectivity index (χ1v) is 10.3. The Hall–Kier alpha value is -3.12. The Morgan fingerprint density at radius 2 is 1.42 bits per heavy atom. The molecule has 0 saturated carbocycles. The van der Waals surface area contributed by atoms with Crippen molar-refractivity contribution in [3.05, 3.63) is 93.4 Å². The molecule has 8 heteroatoms. The molecule has 31 heavy (non-hydrogen) atoms. The maximum Gasteiger partial charge on any atom is 0.244 e. The third kappa shape index (κ3) is 5.14. The monoisotopic (exact) mass is 468 g/mol. The van der Waals surface area contributed by atoms with E-state index in [1.165, 1.54) is 12.3 Å². The molecule has 0 radical (unpaired) electrons. The van der Waals surface area contributed by atoms with E-state index in [0.29, 0.717) is 21.3 Å². The van der Waals surface area contributed by atoms with Gasteiger partial charge in [0, 0.05) is 26.7 Å². The summed E-state index contributed by atoms with van der Waals surface area (Å²) in [6, 6.07) is 22.0. The zero-order valence-corrected chi connectivity index (χ0v) is 18.2. The summed E-state index contributed by atoms with van der Waals surface area (Å²) in [5.74, 6) is 0.174. The number of nitrogens with zero attached hydrogens (tertiary/aromatic N) is 3. The summed E-state index contributed by atoms with van der Waals surface area (Å²) in [6.07, 6.45) is 1.40. The Balaban J connectivity index is 1.70. The van der Waals surface area contributed by atoms with E-state index in [1.807, 2.05) is 48.5 Å². The fraction of sp³-hybridized carbons (Fsp3) is 0. The zero-order valence-electron chi connectivity index (χ0n) is 15.9. The number of phenolic OH excluding ortho intramolecular Hbond substituents is 1. The standard InChI is InChI=1S/C23H15Cl3N4O/c24-17-8-6-15(7-9-17)21-12-20(14-4-2-1-3-5-14)28-23(29-21)30-27-13-16-10-18(25)11-19(26)22(16)31/h1-13,31H,(H,28,29,30)/b27-13-. The van der Waals surface area contributed by atoms with Crippen LogP contribution in [0.2, 0.25) is 15.1 Å². The van der Waals surface area contributed by atoms with Gasteiger partial charge in [0.1, 0.15) is 5.75 Å². The molecule has 0 amide bonds. The molecule has 4 aromatic rings. The van der Waals surface area contributed by atoms with Crippen LogP contribution in [0.4, 0.5) is 5.95 Å². The molecular weight excluding hydrogens is 455 g/mol. The molecule has 0 unspecified atom stereocenters. The SMILES string of the molecule is Oc1c(Cl)cc(Cl)cc1/C=N\Nc1nc(-c2ccccc2)cc(-c2ccc(Cl)cc2)n1. The quantitative estimate of drug-likeness (QED) is 0.246. The number of halogens is 3. The summed E-state index contributed by atoms with van der Waals surface area (Å²) < 4.78 is 0. The summed E-state index contributed by atoms with van der Waals surface area (Å²) in [5, 5.41) is 15.4. The summed E-state index contributed by atoms with van der Waals surface area (Å²) in [4.78, 5) is 9.11. The van der Waals surface area contributed by atoms with Gasteiger partial charge >= 0.3 is 0 Å². The van der Waals surface area contributed by atoms with Crippen molar-refractivity contribution in [2.45, 2.75) is 0 Å².